The van der Waals surface area contributed by atoms with Gasteiger partial charge in [-0.25, -0.2) is 4.98 Å². The Morgan fingerprint density at radius 3 is 2.67 bits per heavy atom. The van der Waals surface area contributed by atoms with Gasteiger partial charge in [0.15, 0.2) is 0 Å². The Morgan fingerprint density at radius 2 is 2.20 bits per heavy atom. The zero-order chi connectivity index (χ0) is 11.6. The summed E-state index contributed by atoms with van der Waals surface area (Å²) in [6.45, 7) is 3.22. The zero-order valence-electron chi connectivity index (χ0n) is 8.74. The second kappa shape index (κ2) is 4.18. The van der Waals surface area contributed by atoms with E-state index in [1.807, 2.05) is 0 Å². The lowest BCUT2D eigenvalue weighted by molar-refractivity contribution is -0.142. The quantitative estimate of drug-likeness (QED) is 0.918. The number of pyridine rings is 1. The maximum atomic E-state index is 11.1. The van der Waals surface area contributed by atoms with Crippen LogP contribution in [0.3, 0.4) is 0 Å². The molecule has 0 amide bonds. The molecule has 0 atom stereocenters. The van der Waals surface area contributed by atoms with Crippen LogP contribution in [0.4, 0.5) is 0 Å². The molecule has 0 spiro atoms. The summed E-state index contributed by atoms with van der Waals surface area (Å²) in [5.74, 6) is -0.577. The van der Waals surface area contributed by atoms with Crippen LogP contribution in [-0.2, 0) is 10.2 Å². The van der Waals surface area contributed by atoms with Gasteiger partial charge in [-0.15, -0.1) is 0 Å². The minimum Gasteiger partial charge on any atom is -0.481 e. The molecular formula is C10H12BrNO3. The second-order valence-electron chi connectivity index (χ2n) is 3.64. The Hall–Kier alpha value is -1.10. The Bertz CT molecular complexity index is 390. The number of halogens is 1. The van der Waals surface area contributed by atoms with Crippen molar-refractivity contribution in [3.63, 3.8) is 0 Å². The van der Waals surface area contributed by atoms with Crippen molar-refractivity contribution in [1.29, 1.82) is 0 Å². The van der Waals surface area contributed by atoms with Gasteiger partial charge in [0.05, 0.1) is 12.5 Å². The van der Waals surface area contributed by atoms with Gasteiger partial charge in [-0.3, -0.25) is 4.79 Å². The number of carbonyl (C=O) groups is 1. The lowest BCUT2D eigenvalue weighted by Crippen LogP contribution is -2.29. The van der Waals surface area contributed by atoms with E-state index in [0.717, 1.165) is 4.47 Å². The highest BCUT2D eigenvalue weighted by Crippen LogP contribution is 2.32. The van der Waals surface area contributed by atoms with Gasteiger partial charge < -0.3 is 9.84 Å². The fourth-order valence-electron chi connectivity index (χ4n) is 1.15. The Balaban J connectivity index is 3.34. The molecule has 1 rings (SSSR count). The molecule has 0 bridgehead atoms. The molecule has 1 heterocycles. The van der Waals surface area contributed by atoms with Crippen molar-refractivity contribution in [1.82, 2.24) is 4.98 Å². The number of carboxylic acid groups (broad SMARTS) is 1. The molecule has 0 fully saturated rings. The fourth-order valence-corrected chi connectivity index (χ4v) is 1.48. The van der Waals surface area contributed by atoms with Crippen molar-refractivity contribution in [3.8, 4) is 5.88 Å². The monoisotopic (exact) mass is 273 g/mol. The maximum Gasteiger partial charge on any atom is 0.313 e. The summed E-state index contributed by atoms with van der Waals surface area (Å²) in [4.78, 5) is 15.1. The summed E-state index contributed by atoms with van der Waals surface area (Å²) in [6.07, 6.45) is 1.57. The molecule has 0 radical (unpaired) electrons. The molecule has 1 aromatic heterocycles. The standard InChI is InChI=1S/C10H12BrNO3/c1-10(2,9(13)14)7-4-6(11)5-12-8(7)15-3/h4-5H,1-3H3,(H,13,14). The number of aromatic nitrogens is 1. The van der Waals surface area contributed by atoms with E-state index in [0.29, 0.717) is 11.4 Å². The van der Waals surface area contributed by atoms with Gasteiger partial charge in [-0.2, -0.15) is 0 Å². The lowest BCUT2D eigenvalue weighted by atomic mass is 9.85. The summed E-state index contributed by atoms with van der Waals surface area (Å²) < 4.78 is 5.77. The maximum absolute atomic E-state index is 11.1. The molecule has 0 aliphatic rings. The molecule has 4 nitrogen and oxygen atoms in total. The van der Waals surface area contributed by atoms with Crippen LogP contribution < -0.4 is 4.74 Å². The molecule has 0 aromatic carbocycles. The predicted molar refractivity (Wildman–Crippen MR) is 59.2 cm³/mol. The van der Waals surface area contributed by atoms with Crippen LogP contribution >= 0.6 is 15.9 Å². The van der Waals surface area contributed by atoms with E-state index in [2.05, 4.69) is 20.9 Å². The molecule has 15 heavy (non-hydrogen) atoms. The fraction of sp³-hybridized carbons (Fsp3) is 0.400. The minimum atomic E-state index is -1.03. The molecule has 0 unspecified atom stereocenters. The number of rotatable bonds is 3. The van der Waals surface area contributed by atoms with Gasteiger partial charge >= 0.3 is 5.97 Å². The van der Waals surface area contributed by atoms with Crippen molar-refractivity contribution in [2.24, 2.45) is 0 Å². The topological polar surface area (TPSA) is 59.4 Å². The van der Waals surface area contributed by atoms with Crippen LogP contribution in [0.15, 0.2) is 16.7 Å². The molecular weight excluding hydrogens is 262 g/mol. The third-order valence-corrected chi connectivity index (χ3v) is 2.65. The smallest absolute Gasteiger partial charge is 0.313 e. The average Bonchev–Trinajstić information content (AvgIpc) is 2.17. The normalized spacial score (nSPS) is 11.2. The summed E-state index contributed by atoms with van der Waals surface area (Å²) in [7, 11) is 1.47. The van der Waals surface area contributed by atoms with Crippen LogP contribution in [0.25, 0.3) is 0 Å². The van der Waals surface area contributed by atoms with Crippen molar-refractivity contribution < 1.29 is 14.6 Å². The summed E-state index contributed by atoms with van der Waals surface area (Å²) >= 11 is 3.26. The van der Waals surface area contributed by atoms with Crippen LogP contribution in [0.2, 0.25) is 0 Å². The first-order valence-corrected chi connectivity index (χ1v) is 5.12. The van der Waals surface area contributed by atoms with E-state index in [9.17, 15) is 4.79 Å². The highest BCUT2D eigenvalue weighted by Gasteiger charge is 2.33. The Morgan fingerprint density at radius 1 is 1.60 bits per heavy atom. The first kappa shape index (κ1) is 12.0. The minimum absolute atomic E-state index is 0.339. The average molecular weight is 274 g/mol. The highest BCUT2D eigenvalue weighted by atomic mass is 79.9. The van der Waals surface area contributed by atoms with Gasteiger partial charge in [0.2, 0.25) is 5.88 Å². The van der Waals surface area contributed by atoms with Gasteiger partial charge in [0.25, 0.3) is 0 Å². The molecule has 0 aliphatic carbocycles. The number of ether oxygens (including phenoxy) is 1. The number of carboxylic acids is 1. The van der Waals surface area contributed by atoms with Gasteiger partial charge in [-0.1, -0.05) is 0 Å². The summed E-state index contributed by atoms with van der Waals surface area (Å²) in [6, 6.07) is 1.71. The van der Waals surface area contributed by atoms with Crippen molar-refractivity contribution in [2.45, 2.75) is 19.3 Å². The summed E-state index contributed by atoms with van der Waals surface area (Å²) in [5, 5.41) is 9.11. The highest BCUT2D eigenvalue weighted by molar-refractivity contribution is 9.10. The third kappa shape index (κ3) is 2.28. The van der Waals surface area contributed by atoms with E-state index >= 15 is 0 Å². The van der Waals surface area contributed by atoms with Crippen molar-refractivity contribution in [2.75, 3.05) is 7.11 Å². The molecule has 0 aliphatic heterocycles. The van der Waals surface area contributed by atoms with Crippen LogP contribution in [0, 0.1) is 0 Å². The van der Waals surface area contributed by atoms with Gasteiger partial charge in [0, 0.05) is 16.2 Å². The Labute approximate surface area is 96.4 Å². The van der Waals surface area contributed by atoms with Crippen molar-refractivity contribution >= 4 is 21.9 Å². The number of nitrogens with zero attached hydrogens (tertiary/aromatic N) is 1. The molecule has 1 aromatic rings. The van der Waals surface area contributed by atoms with Crippen molar-refractivity contribution in [3.05, 3.63) is 22.3 Å². The number of aliphatic carboxylic acids is 1. The first-order valence-electron chi connectivity index (χ1n) is 4.33. The Kier molecular flexibility index (Phi) is 3.34. The molecule has 1 N–H and O–H groups in total. The van der Waals surface area contributed by atoms with Crippen LogP contribution in [-0.4, -0.2) is 23.2 Å². The van der Waals surface area contributed by atoms with E-state index < -0.39 is 11.4 Å². The number of hydrogen-bond donors (Lipinski definition) is 1. The first-order chi connectivity index (χ1) is 6.89. The van der Waals surface area contributed by atoms with Gasteiger partial charge in [-0.05, 0) is 35.8 Å². The molecule has 0 saturated heterocycles. The lowest BCUT2D eigenvalue weighted by Gasteiger charge is -2.21. The third-order valence-electron chi connectivity index (χ3n) is 2.22. The zero-order valence-corrected chi connectivity index (χ0v) is 10.3. The number of hydrogen-bond acceptors (Lipinski definition) is 3. The molecule has 0 saturated carbocycles. The number of methoxy groups -OCH3 is 1. The van der Waals surface area contributed by atoms with E-state index in [1.54, 1.807) is 26.1 Å². The summed E-state index contributed by atoms with van der Waals surface area (Å²) in [5.41, 5.74) is -0.478. The molecule has 5 heteroatoms. The SMILES string of the molecule is COc1ncc(Br)cc1C(C)(C)C(=O)O. The predicted octanol–water partition coefficient (Wildman–Crippen LogP) is 2.21. The molecule has 82 valence electrons. The van der Waals surface area contributed by atoms with Gasteiger partial charge in [0.1, 0.15) is 0 Å². The van der Waals surface area contributed by atoms with E-state index in [-0.39, 0.29) is 0 Å². The van der Waals surface area contributed by atoms with Crippen LogP contribution in [0.5, 0.6) is 5.88 Å². The van der Waals surface area contributed by atoms with Crippen LogP contribution in [0.1, 0.15) is 19.4 Å². The van der Waals surface area contributed by atoms with E-state index in [1.165, 1.54) is 7.11 Å². The van der Waals surface area contributed by atoms with E-state index in [4.69, 9.17) is 9.84 Å². The largest absolute Gasteiger partial charge is 0.481 e. The second-order valence-corrected chi connectivity index (χ2v) is 4.56.